The van der Waals surface area contributed by atoms with E-state index in [9.17, 15) is 19.2 Å². The molecular weight excluding hydrogens is 605 g/mol. The fourth-order valence-corrected chi connectivity index (χ4v) is 6.99. The van der Waals surface area contributed by atoms with Crippen LogP contribution < -0.4 is 5.32 Å². The summed E-state index contributed by atoms with van der Waals surface area (Å²) in [5.74, 6) is -4.73. The van der Waals surface area contributed by atoms with E-state index in [0.29, 0.717) is 5.82 Å². The number of fused-ring (bicyclic) bond motifs is 1. The summed E-state index contributed by atoms with van der Waals surface area (Å²) in [6.07, 6.45) is 5.00. The smallest absolute Gasteiger partial charge is 0.408 e. The standard InChI is InChI=1S/C31H40FN5O7S/c1-9-22-31(7)24(33-28(41)44-31)19(4)23(38)17(2)15-29(5,16-18(3)25(39)30(6,32)27(40)43-22)42-14-10-11-20-12-13-21(45-20)26-34-36-37(8)35-26/h10-13,17-19,22,24H,9,14-15H2,1-8H3,(H,33,41)/b11-10+/t17-,18-,19+,22-,24-,29-,30+,31-/m1/s1. The van der Waals surface area contributed by atoms with Gasteiger partial charge in [-0.2, -0.15) is 4.80 Å². The minimum atomic E-state index is -3.02. The molecule has 14 heteroatoms. The molecule has 2 aliphatic heterocycles. The maximum atomic E-state index is 15.9. The highest BCUT2D eigenvalue weighted by molar-refractivity contribution is 7.16. The molecule has 2 fully saturated rings. The highest BCUT2D eigenvalue weighted by Gasteiger charge is 2.57. The number of cyclic esters (lactones) is 1. The minimum absolute atomic E-state index is 0.0786. The van der Waals surface area contributed by atoms with Gasteiger partial charge in [-0.25, -0.2) is 14.0 Å². The van der Waals surface area contributed by atoms with Gasteiger partial charge in [-0.15, -0.1) is 21.5 Å². The highest BCUT2D eigenvalue weighted by Crippen LogP contribution is 2.39. The molecule has 0 spiro atoms. The Hall–Kier alpha value is -3.52. The first-order chi connectivity index (χ1) is 21.0. The van der Waals surface area contributed by atoms with Crippen LogP contribution in [0.4, 0.5) is 9.18 Å². The lowest BCUT2D eigenvalue weighted by atomic mass is 9.74. The summed E-state index contributed by atoms with van der Waals surface area (Å²) in [6, 6.07) is 2.91. The van der Waals surface area contributed by atoms with Gasteiger partial charge in [0.15, 0.2) is 11.4 Å². The van der Waals surface area contributed by atoms with Crippen LogP contribution in [0, 0.1) is 24.2 Å². The Morgan fingerprint density at radius 2 is 1.91 bits per heavy atom. The first kappa shape index (κ1) is 34.4. The molecule has 0 aliphatic carbocycles. The second-order valence-corrected chi connectivity index (χ2v) is 13.4. The van der Waals surface area contributed by atoms with Crippen molar-refractivity contribution in [3.63, 3.8) is 0 Å². The number of alkyl halides is 1. The third-order valence-electron chi connectivity index (χ3n) is 8.49. The topological polar surface area (TPSA) is 152 Å². The number of Topliss-reactive ketones (excluding diaryl/α,β-unsaturated/α-hetero) is 2. The molecule has 2 aromatic rings. The van der Waals surface area contributed by atoms with E-state index in [-0.39, 0.29) is 25.2 Å². The third kappa shape index (κ3) is 7.16. The monoisotopic (exact) mass is 645 g/mol. The summed E-state index contributed by atoms with van der Waals surface area (Å²) in [7, 11) is 1.69. The number of thiophene rings is 1. The summed E-state index contributed by atoms with van der Waals surface area (Å²) in [4.78, 5) is 55.8. The SMILES string of the molecule is CC[C@H]1OC(=O)[C@@](C)(F)C(=O)[C@H](C)[C][C@](C)(OC/C=C/c2ccc(-c3nnn(C)n3)s2)C[C@@H](C)C(=O)[C@H](C)[C@H]2NC(=O)O[C@@]21C. The number of ether oxygens (including phenoxy) is 3. The zero-order valence-electron chi connectivity index (χ0n) is 26.8. The number of alkyl carbamates (subject to hydrolysis) is 1. The van der Waals surface area contributed by atoms with Crippen LogP contribution in [0.1, 0.15) is 66.2 Å². The van der Waals surface area contributed by atoms with Crippen molar-refractivity contribution >= 4 is 41.0 Å². The first-order valence-corrected chi connectivity index (χ1v) is 15.7. The fourth-order valence-electron chi connectivity index (χ4n) is 6.13. The van der Waals surface area contributed by atoms with Crippen molar-refractivity contribution in [1.29, 1.82) is 0 Å². The van der Waals surface area contributed by atoms with E-state index in [1.54, 1.807) is 47.7 Å². The number of aryl methyl sites for hydroxylation is 1. The largest absolute Gasteiger partial charge is 0.455 e. The Labute approximate surface area is 266 Å². The number of nitrogens with zero attached hydrogens (tertiary/aromatic N) is 4. The highest BCUT2D eigenvalue weighted by atomic mass is 32.1. The number of hydrogen-bond acceptors (Lipinski definition) is 11. The van der Waals surface area contributed by atoms with E-state index < -0.39 is 64.6 Å². The number of ketones is 2. The van der Waals surface area contributed by atoms with E-state index in [4.69, 9.17) is 14.2 Å². The lowest BCUT2D eigenvalue weighted by Gasteiger charge is -2.40. The van der Waals surface area contributed by atoms with Gasteiger partial charge in [0.25, 0.3) is 5.67 Å². The molecule has 244 valence electrons. The minimum Gasteiger partial charge on any atom is -0.455 e. The number of nitrogens with one attached hydrogen (secondary N) is 1. The predicted octanol–water partition coefficient (Wildman–Crippen LogP) is 4.18. The molecule has 4 heterocycles. The number of carbonyl (C=O) groups is 4. The lowest BCUT2D eigenvalue weighted by molar-refractivity contribution is -0.179. The normalized spacial score (nSPS) is 35.1. The molecule has 0 unspecified atom stereocenters. The van der Waals surface area contributed by atoms with Crippen molar-refractivity contribution in [2.45, 2.75) is 90.3 Å². The van der Waals surface area contributed by atoms with Gasteiger partial charge >= 0.3 is 12.1 Å². The van der Waals surface area contributed by atoms with E-state index in [1.807, 2.05) is 18.2 Å². The number of tetrazole rings is 1. The van der Waals surface area contributed by atoms with Crippen molar-refractivity contribution in [3.05, 3.63) is 29.5 Å². The van der Waals surface area contributed by atoms with Gasteiger partial charge in [-0.3, -0.25) is 9.59 Å². The maximum Gasteiger partial charge on any atom is 0.408 e. The molecule has 2 aromatic heterocycles. The van der Waals surface area contributed by atoms with Crippen LogP contribution in [0.3, 0.4) is 0 Å². The molecule has 0 saturated carbocycles. The number of amides is 1. The molecular formula is C31H40FN5O7S. The fraction of sp³-hybridized carbons (Fsp3) is 0.613. The van der Waals surface area contributed by atoms with Crippen molar-refractivity contribution in [1.82, 2.24) is 25.5 Å². The van der Waals surface area contributed by atoms with Crippen molar-refractivity contribution < 1.29 is 37.8 Å². The van der Waals surface area contributed by atoms with Crippen LogP contribution in [0.2, 0.25) is 0 Å². The average Bonchev–Trinajstić information content (AvgIpc) is 3.70. The molecule has 8 atom stereocenters. The second-order valence-electron chi connectivity index (χ2n) is 12.3. The molecule has 2 radical (unpaired) electrons. The number of carbonyl (C=O) groups excluding carboxylic acids is 4. The number of halogens is 1. The van der Waals surface area contributed by atoms with Gasteiger partial charge in [-0.1, -0.05) is 33.8 Å². The molecule has 0 bridgehead atoms. The summed E-state index contributed by atoms with van der Waals surface area (Å²) >= 11 is 1.46. The van der Waals surface area contributed by atoms with Crippen LogP contribution in [-0.2, 0) is 35.6 Å². The molecule has 4 rings (SSSR count). The summed E-state index contributed by atoms with van der Waals surface area (Å²) < 4.78 is 33.2. The van der Waals surface area contributed by atoms with Gasteiger partial charge in [-0.05, 0) is 57.0 Å². The third-order valence-corrected chi connectivity index (χ3v) is 9.54. The molecule has 2 saturated heterocycles. The molecule has 0 aromatic carbocycles. The first-order valence-electron chi connectivity index (χ1n) is 14.9. The van der Waals surface area contributed by atoms with E-state index in [2.05, 4.69) is 27.1 Å². The van der Waals surface area contributed by atoms with Crippen LogP contribution in [0.25, 0.3) is 16.8 Å². The van der Waals surface area contributed by atoms with Crippen LogP contribution in [0.15, 0.2) is 18.2 Å². The molecule has 45 heavy (non-hydrogen) atoms. The number of aromatic nitrogens is 4. The molecule has 12 nitrogen and oxygen atoms in total. The van der Waals surface area contributed by atoms with Gasteiger partial charge in [0.2, 0.25) is 5.82 Å². The van der Waals surface area contributed by atoms with Crippen LogP contribution in [0.5, 0.6) is 0 Å². The second kappa shape index (κ2) is 13.1. The van der Waals surface area contributed by atoms with Crippen molar-refractivity contribution in [3.8, 4) is 10.7 Å². The number of esters is 1. The molecule has 1 amide bonds. The van der Waals surface area contributed by atoms with Crippen molar-refractivity contribution in [2.75, 3.05) is 6.61 Å². The summed E-state index contributed by atoms with van der Waals surface area (Å²) in [5, 5.41) is 14.8. The average molecular weight is 646 g/mol. The number of rotatable bonds is 6. The summed E-state index contributed by atoms with van der Waals surface area (Å²) in [5.41, 5.74) is -5.81. The van der Waals surface area contributed by atoms with E-state index >= 15 is 4.39 Å². The van der Waals surface area contributed by atoms with Gasteiger partial charge in [0.1, 0.15) is 11.9 Å². The lowest BCUT2D eigenvalue weighted by Crippen LogP contribution is -2.58. The number of hydrogen-bond donors (Lipinski definition) is 1. The Balaban J connectivity index is 1.59. The zero-order chi connectivity index (χ0) is 33.3. The van der Waals surface area contributed by atoms with Gasteiger partial charge in [0.05, 0.1) is 30.2 Å². The van der Waals surface area contributed by atoms with Crippen LogP contribution >= 0.6 is 11.3 Å². The Bertz CT molecular complexity index is 1470. The van der Waals surface area contributed by atoms with Crippen molar-refractivity contribution in [2.24, 2.45) is 24.8 Å². The quantitative estimate of drug-likeness (QED) is 0.358. The Morgan fingerprint density at radius 3 is 2.56 bits per heavy atom. The van der Waals surface area contributed by atoms with E-state index in [1.165, 1.54) is 23.1 Å². The summed E-state index contributed by atoms with van der Waals surface area (Å²) in [6.45, 7) is 10.6. The Kier molecular flexibility index (Phi) is 9.98. The van der Waals surface area contributed by atoms with Crippen LogP contribution in [-0.4, -0.2) is 79.5 Å². The zero-order valence-corrected chi connectivity index (χ0v) is 27.6. The maximum absolute atomic E-state index is 15.9. The van der Waals surface area contributed by atoms with Gasteiger partial charge < -0.3 is 19.5 Å². The van der Waals surface area contributed by atoms with E-state index in [0.717, 1.165) is 16.7 Å². The van der Waals surface area contributed by atoms with Gasteiger partial charge in [0, 0.05) is 29.1 Å². The molecule has 2 aliphatic rings. The Morgan fingerprint density at radius 1 is 1.20 bits per heavy atom. The molecule has 1 N–H and O–H groups in total. The predicted molar refractivity (Wildman–Crippen MR) is 162 cm³/mol.